The van der Waals surface area contributed by atoms with E-state index in [9.17, 15) is 4.79 Å². The van der Waals surface area contributed by atoms with E-state index in [0.29, 0.717) is 6.42 Å². The zero-order valence-corrected chi connectivity index (χ0v) is 11.6. The number of rotatable bonds is 5. The average molecular weight is 257 g/mol. The summed E-state index contributed by atoms with van der Waals surface area (Å²) in [5.41, 5.74) is 12.2. The second-order valence-corrected chi connectivity index (χ2v) is 5.19. The number of aromatic nitrogens is 1. The van der Waals surface area contributed by atoms with Crippen LogP contribution in [0.4, 0.5) is 0 Å². The zero-order chi connectivity index (χ0) is 14.0. The van der Waals surface area contributed by atoms with Gasteiger partial charge in [0.1, 0.15) is 0 Å². The van der Waals surface area contributed by atoms with Gasteiger partial charge in [-0.05, 0) is 31.0 Å². The first-order valence-corrected chi connectivity index (χ1v) is 6.47. The molecule has 0 radical (unpaired) electrons. The summed E-state index contributed by atoms with van der Waals surface area (Å²) in [5, 5.41) is 3.14. The van der Waals surface area contributed by atoms with E-state index in [1.807, 2.05) is 19.1 Å². The molecule has 0 aliphatic rings. The largest absolute Gasteiger partial charge is 0.508 e. The van der Waals surface area contributed by atoms with Crippen molar-refractivity contribution in [2.24, 2.45) is 13.0 Å². The number of carbonyl (C=O) groups is 1. The van der Waals surface area contributed by atoms with Gasteiger partial charge in [0, 0.05) is 30.1 Å². The number of carbonyl (C=O) groups excluding carboxylic acids is 1. The van der Waals surface area contributed by atoms with Crippen molar-refractivity contribution in [1.82, 2.24) is 4.57 Å². The number of ketones is 1. The fraction of sp³-hybridized carbons (Fsp3) is 0.400. The van der Waals surface area contributed by atoms with Gasteiger partial charge in [0.25, 0.3) is 0 Å². The first-order chi connectivity index (χ1) is 9.02. The molecular formula is C15H19N3O. The molecule has 1 aromatic heterocycles. The Morgan fingerprint density at radius 3 is 2.89 bits per heavy atom. The summed E-state index contributed by atoms with van der Waals surface area (Å²) in [5.74, 6) is -0.0853. The molecule has 19 heavy (non-hydrogen) atoms. The van der Waals surface area contributed by atoms with E-state index in [2.05, 4.69) is 35.9 Å². The SMILES string of the molecule is Cc1ccc2c(c1)c(C[C@H](C)C(=O)C[NH+]=[N-])cn2C. The molecule has 1 aromatic carbocycles. The van der Waals surface area contributed by atoms with Gasteiger partial charge in [0.2, 0.25) is 0 Å². The van der Waals surface area contributed by atoms with E-state index in [-0.39, 0.29) is 18.2 Å². The van der Waals surface area contributed by atoms with Crippen molar-refractivity contribution in [2.75, 3.05) is 6.54 Å². The Kier molecular flexibility index (Phi) is 3.79. The van der Waals surface area contributed by atoms with Gasteiger partial charge in [-0.3, -0.25) is 4.79 Å². The minimum atomic E-state index is -0.106. The molecule has 0 saturated heterocycles. The van der Waals surface area contributed by atoms with Gasteiger partial charge in [0.05, 0.1) is 0 Å². The van der Waals surface area contributed by atoms with Crippen LogP contribution in [0.25, 0.3) is 16.4 Å². The van der Waals surface area contributed by atoms with Crippen molar-refractivity contribution in [3.8, 4) is 0 Å². The Hall–Kier alpha value is -1.97. The first kappa shape index (κ1) is 13.5. The molecule has 2 rings (SSSR count). The fourth-order valence-corrected chi connectivity index (χ4v) is 2.45. The molecule has 100 valence electrons. The van der Waals surface area contributed by atoms with Crippen LogP contribution in [-0.2, 0) is 18.3 Å². The maximum absolute atomic E-state index is 11.7. The predicted octanol–water partition coefficient (Wildman–Crippen LogP) is 1.34. The molecule has 0 bridgehead atoms. The third-order valence-electron chi connectivity index (χ3n) is 3.56. The Labute approximate surface area is 112 Å². The van der Waals surface area contributed by atoms with E-state index in [0.717, 1.165) is 0 Å². The lowest BCUT2D eigenvalue weighted by Crippen LogP contribution is -2.66. The number of Topliss-reactive ketones (excluding diaryl/α,β-unsaturated/α-hetero) is 1. The van der Waals surface area contributed by atoms with Gasteiger partial charge in [-0.2, -0.15) is 0 Å². The molecular weight excluding hydrogens is 238 g/mol. The van der Waals surface area contributed by atoms with Crippen molar-refractivity contribution in [3.05, 3.63) is 41.1 Å². The predicted molar refractivity (Wildman–Crippen MR) is 74.7 cm³/mol. The summed E-state index contributed by atoms with van der Waals surface area (Å²) in [7, 11) is 2.02. The molecule has 4 heteroatoms. The highest BCUT2D eigenvalue weighted by molar-refractivity contribution is 5.86. The standard InChI is InChI=1S/C15H19N3O/c1-10-4-5-14-13(6-10)12(9-18(14)3)7-11(2)15(19)8-17-16/h4-6,9,11,17H,7-8H2,1-3H3/t11-/m0/s1. The van der Waals surface area contributed by atoms with E-state index in [4.69, 9.17) is 5.53 Å². The number of fused-ring (bicyclic) bond motifs is 1. The van der Waals surface area contributed by atoms with Gasteiger partial charge < -0.3 is 15.2 Å². The summed E-state index contributed by atoms with van der Waals surface area (Å²) >= 11 is 0. The van der Waals surface area contributed by atoms with Gasteiger partial charge in [-0.25, -0.2) is 0 Å². The Morgan fingerprint density at radius 1 is 1.47 bits per heavy atom. The quantitative estimate of drug-likeness (QED) is 0.807. The molecule has 0 spiro atoms. The summed E-state index contributed by atoms with van der Waals surface area (Å²) < 4.78 is 2.09. The second kappa shape index (κ2) is 5.34. The van der Waals surface area contributed by atoms with Crippen molar-refractivity contribution in [2.45, 2.75) is 20.3 Å². The number of aryl methyl sites for hydroxylation is 2. The van der Waals surface area contributed by atoms with Crippen LogP contribution in [0.1, 0.15) is 18.1 Å². The topological polar surface area (TPSA) is 58.3 Å². The van der Waals surface area contributed by atoms with Crippen LogP contribution in [0.3, 0.4) is 0 Å². The van der Waals surface area contributed by atoms with Crippen LogP contribution in [0.2, 0.25) is 0 Å². The highest BCUT2D eigenvalue weighted by atomic mass is 16.1. The minimum absolute atomic E-state index is 0.00492. The summed E-state index contributed by atoms with van der Waals surface area (Å²) in [6.45, 7) is 3.97. The highest BCUT2D eigenvalue weighted by Crippen LogP contribution is 2.24. The molecule has 4 nitrogen and oxygen atoms in total. The van der Waals surface area contributed by atoms with Crippen LogP contribution >= 0.6 is 0 Å². The molecule has 0 fully saturated rings. The van der Waals surface area contributed by atoms with E-state index >= 15 is 0 Å². The van der Waals surface area contributed by atoms with Gasteiger partial charge in [-0.15, -0.1) is 0 Å². The number of hydrogen-bond acceptors (Lipinski definition) is 1. The van der Waals surface area contributed by atoms with E-state index in [1.165, 1.54) is 22.0 Å². The molecule has 0 unspecified atom stereocenters. The summed E-state index contributed by atoms with van der Waals surface area (Å²) in [6.07, 6.45) is 2.78. The maximum Gasteiger partial charge on any atom is 0.199 e. The lowest BCUT2D eigenvalue weighted by Gasteiger charge is -2.07. The number of benzene rings is 1. The van der Waals surface area contributed by atoms with Crippen molar-refractivity contribution in [3.63, 3.8) is 0 Å². The van der Waals surface area contributed by atoms with Gasteiger partial charge in [0.15, 0.2) is 12.3 Å². The molecule has 1 heterocycles. The molecule has 0 aliphatic carbocycles. The third kappa shape index (κ3) is 2.72. The molecule has 1 N–H and O–H groups in total. The maximum atomic E-state index is 11.7. The zero-order valence-electron chi connectivity index (χ0n) is 11.6. The molecule has 1 atom stereocenters. The fourth-order valence-electron chi connectivity index (χ4n) is 2.45. The van der Waals surface area contributed by atoms with Crippen LogP contribution in [0.5, 0.6) is 0 Å². The lowest BCUT2D eigenvalue weighted by atomic mass is 9.96. The second-order valence-electron chi connectivity index (χ2n) is 5.19. The molecule has 2 aromatic rings. The van der Waals surface area contributed by atoms with Crippen molar-refractivity contribution >= 4 is 16.7 Å². The van der Waals surface area contributed by atoms with Crippen LogP contribution in [-0.4, -0.2) is 16.9 Å². The van der Waals surface area contributed by atoms with Crippen molar-refractivity contribution in [1.29, 1.82) is 0 Å². The van der Waals surface area contributed by atoms with E-state index in [1.54, 1.807) is 0 Å². The first-order valence-electron chi connectivity index (χ1n) is 6.47. The smallest absolute Gasteiger partial charge is 0.199 e. The average Bonchev–Trinajstić information content (AvgIpc) is 2.66. The molecule has 0 aliphatic heterocycles. The van der Waals surface area contributed by atoms with Crippen LogP contribution in [0.15, 0.2) is 24.4 Å². The summed E-state index contributed by atoms with van der Waals surface area (Å²) in [6, 6.07) is 6.36. The monoisotopic (exact) mass is 257 g/mol. The Bertz CT molecular complexity index is 628. The van der Waals surface area contributed by atoms with Crippen molar-refractivity contribution < 1.29 is 9.91 Å². The normalized spacial score (nSPS) is 12.6. The van der Waals surface area contributed by atoms with Gasteiger partial charge >= 0.3 is 0 Å². The minimum Gasteiger partial charge on any atom is -0.508 e. The number of nitrogens with one attached hydrogen (secondary N) is 1. The molecule has 0 amide bonds. The number of nitrogens with zero attached hydrogens (tertiary/aromatic N) is 2. The number of hydrogen-bond donors (Lipinski definition) is 1. The lowest BCUT2D eigenvalue weighted by molar-refractivity contribution is -0.468. The molecule has 0 saturated carbocycles. The summed E-state index contributed by atoms with van der Waals surface area (Å²) in [4.78, 5) is 11.7. The third-order valence-corrected chi connectivity index (χ3v) is 3.56. The van der Waals surface area contributed by atoms with E-state index < -0.39 is 0 Å². The van der Waals surface area contributed by atoms with Gasteiger partial charge in [-0.1, -0.05) is 18.6 Å². The Balaban J connectivity index is 2.32. The van der Waals surface area contributed by atoms with Crippen LogP contribution in [0, 0.1) is 12.8 Å². The van der Waals surface area contributed by atoms with Crippen LogP contribution < -0.4 is 5.11 Å². The Morgan fingerprint density at radius 2 is 2.21 bits per heavy atom. The highest BCUT2D eigenvalue weighted by Gasteiger charge is 2.17.